The van der Waals surface area contributed by atoms with E-state index in [4.69, 9.17) is 4.74 Å². The van der Waals surface area contributed by atoms with Gasteiger partial charge in [0.15, 0.2) is 5.69 Å². The Balaban J connectivity index is 1.91. The Morgan fingerprint density at radius 2 is 1.92 bits per heavy atom. The van der Waals surface area contributed by atoms with Gasteiger partial charge >= 0.3 is 0 Å². The number of aryl methyl sites for hydroxylation is 1. The fourth-order valence-corrected chi connectivity index (χ4v) is 2.86. The lowest BCUT2D eigenvalue weighted by atomic mass is 10.1. The average molecular weight is 351 g/mol. The second kappa shape index (κ2) is 7.39. The third-order valence-corrected chi connectivity index (χ3v) is 4.19. The van der Waals surface area contributed by atoms with Crippen LogP contribution >= 0.6 is 0 Å². The lowest BCUT2D eigenvalue weighted by Gasteiger charge is -2.16. The van der Waals surface area contributed by atoms with Crippen LogP contribution in [0, 0.1) is 0 Å². The lowest BCUT2D eigenvalue weighted by Crippen LogP contribution is -2.31. The summed E-state index contributed by atoms with van der Waals surface area (Å²) >= 11 is 0. The van der Waals surface area contributed by atoms with Gasteiger partial charge in [-0.3, -0.25) is 9.59 Å². The van der Waals surface area contributed by atoms with Crippen molar-refractivity contribution in [2.45, 2.75) is 19.9 Å². The molecule has 0 aliphatic heterocycles. The highest BCUT2D eigenvalue weighted by Crippen LogP contribution is 2.20. The zero-order chi connectivity index (χ0) is 18.7. The highest BCUT2D eigenvalue weighted by atomic mass is 16.5. The molecular weight excluding hydrogens is 330 g/mol. The molecule has 1 aromatic heterocycles. The van der Waals surface area contributed by atoms with E-state index in [-0.39, 0.29) is 23.2 Å². The Morgan fingerprint density at radius 3 is 2.65 bits per heavy atom. The van der Waals surface area contributed by atoms with Crippen LogP contribution in [0.4, 0.5) is 0 Å². The third-order valence-electron chi connectivity index (χ3n) is 4.19. The first-order valence-electron chi connectivity index (χ1n) is 8.51. The van der Waals surface area contributed by atoms with Crippen LogP contribution in [0.25, 0.3) is 10.8 Å². The summed E-state index contributed by atoms with van der Waals surface area (Å²) in [6, 6.07) is 14.4. The monoisotopic (exact) mass is 351 g/mol. The molecule has 1 N–H and O–H groups in total. The number of nitrogens with zero attached hydrogens (tertiary/aromatic N) is 2. The van der Waals surface area contributed by atoms with E-state index in [0.717, 1.165) is 11.3 Å². The van der Waals surface area contributed by atoms with Gasteiger partial charge in [-0.25, -0.2) is 4.68 Å². The largest absolute Gasteiger partial charge is 0.494 e. The van der Waals surface area contributed by atoms with Crippen LogP contribution in [0.1, 0.15) is 35.9 Å². The van der Waals surface area contributed by atoms with Crippen molar-refractivity contribution in [3.63, 3.8) is 0 Å². The Bertz CT molecular complexity index is 1010. The molecule has 6 nitrogen and oxygen atoms in total. The van der Waals surface area contributed by atoms with E-state index in [9.17, 15) is 9.59 Å². The number of carbonyl (C=O) groups is 1. The number of ether oxygens (including phenoxy) is 1. The van der Waals surface area contributed by atoms with Gasteiger partial charge < -0.3 is 10.1 Å². The van der Waals surface area contributed by atoms with Gasteiger partial charge in [-0.2, -0.15) is 5.10 Å². The number of hydrogen-bond acceptors (Lipinski definition) is 4. The van der Waals surface area contributed by atoms with Crippen molar-refractivity contribution in [1.29, 1.82) is 0 Å². The van der Waals surface area contributed by atoms with Crippen molar-refractivity contribution in [3.8, 4) is 5.75 Å². The van der Waals surface area contributed by atoms with Crippen molar-refractivity contribution in [3.05, 3.63) is 70.1 Å². The zero-order valence-corrected chi connectivity index (χ0v) is 15.0. The second-order valence-corrected chi connectivity index (χ2v) is 6.02. The first-order valence-corrected chi connectivity index (χ1v) is 8.51. The standard InChI is InChI=1S/C20H21N3O3/c1-4-26-15-9-7-8-14(12-15)13(2)21-19(24)18-16-10-5-6-11-17(16)20(25)23(3)22-18/h5-13H,4H2,1-3H3,(H,21,24). The number of amides is 1. The lowest BCUT2D eigenvalue weighted by molar-refractivity contribution is 0.0934. The molecule has 0 aliphatic rings. The Labute approximate surface area is 151 Å². The maximum absolute atomic E-state index is 12.8. The molecule has 1 amide bonds. The molecular formula is C20H21N3O3. The zero-order valence-electron chi connectivity index (χ0n) is 15.0. The quantitative estimate of drug-likeness (QED) is 0.767. The van der Waals surface area contributed by atoms with Gasteiger partial charge in [-0.05, 0) is 37.6 Å². The number of nitrogens with one attached hydrogen (secondary N) is 1. The molecule has 1 heterocycles. The van der Waals surface area contributed by atoms with E-state index in [1.807, 2.05) is 38.1 Å². The summed E-state index contributed by atoms with van der Waals surface area (Å²) in [5.74, 6) is 0.433. The van der Waals surface area contributed by atoms with Crippen molar-refractivity contribution in [2.75, 3.05) is 6.61 Å². The van der Waals surface area contributed by atoms with Crippen LogP contribution in [0.2, 0.25) is 0 Å². The van der Waals surface area contributed by atoms with Crippen LogP contribution in [-0.4, -0.2) is 22.3 Å². The summed E-state index contributed by atoms with van der Waals surface area (Å²) in [4.78, 5) is 25.0. The van der Waals surface area contributed by atoms with Gasteiger partial charge in [0.2, 0.25) is 0 Å². The molecule has 0 radical (unpaired) electrons. The average Bonchev–Trinajstić information content (AvgIpc) is 2.65. The molecule has 3 rings (SSSR count). The summed E-state index contributed by atoms with van der Waals surface area (Å²) in [7, 11) is 1.54. The van der Waals surface area contributed by atoms with Crippen molar-refractivity contribution in [1.82, 2.24) is 15.1 Å². The minimum atomic E-state index is -0.328. The third kappa shape index (κ3) is 3.44. The van der Waals surface area contributed by atoms with E-state index in [1.165, 1.54) is 4.68 Å². The predicted octanol–water partition coefficient (Wildman–Crippen LogP) is 2.82. The number of fused-ring (bicyclic) bond motifs is 1. The van der Waals surface area contributed by atoms with Gasteiger partial charge in [-0.1, -0.05) is 30.3 Å². The van der Waals surface area contributed by atoms with Crippen molar-refractivity contribution in [2.24, 2.45) is 7.05 Å². The molecule has 0 spiro atoms. The second-order valence-electron chi connectivity index (χ2n) is 6.02. The Kier molecular flexibility index (Phi) is 5.02. The number of hydrogen-bond donors (Lipinski definition) is 1. The molecule has 6 heteroatoms. The highest BCUT2D eigenvalue weighted by Gasteiger charge is 2.18. The smallest absolute Gasteiger partial charge is 0.274 e. The molecule has 26 heavy (non-hydrogen) atoms. The summed E-state index contributed by atoms with van der Waals surface area (Å²) < 4.78 is 6.70. The summed E-state index contributed by atoms with van der Waals surface area (Å²) in [6.45, 7) is 4.40. The normalized spacial score (nSPS) is 12.0. The number of rotatable bonds is 5. The molecule has 2 aromatic carbocycles. The maximum atomic E-state index is 12.8. The van der Waals surface area contributed by atoms with Crippen LogP contribution in [0.15, 0.2) is 53.3 Å². The SMILES string of the molecule is CCOc1cccc(C(C)NC(=O)c2nn(C)c(=O)c3ccccc23)c1. The minimum Gasteiger partial charge on any atom is -0.494 e. The van der Waals surface area contributed by atoms with Gasteiger partial charge in [0, 0.05) is 12.4 Å². The molecule has 0 saturated carbocycles. The van der Waals surface area contributed by atoms with Gasteiger partial charge in [0.1, 0.15) is 5.75 Å². The van der Waals surface area contributed by atoms with Crippen molar-refractivity contribution >= 4 is 16.7 Å². The summed E-state index contributed by atoms with van der Waals surface area (Å²) in [5.41, 5.74) is 0.934. The van der Waals surface area contributed by atoms with E-state index >= 15 is 0 Å². The first kappa shape index (κ1) is 17.7. The number of benzene rings is 2. The van der Waals surface area contributed by atoms with E-state index in [1.54, 1.807) is 31.3 Å². The van der Waals surface area contributed by atoms with E-state index < -0.39 is 0 Å². The minimum absolute atomic E-state index is 0.227. The first-order chi connectivity index (χ1) is 12.5. The highest BCUT2D eigenvalue weighted by molar-refractivity contribution is 6.04. The van der Waals surface area contributed by atoms with Gasteiger partial charge in [0.25, 0.3) is 11.5 Å². The van der Waals surface area contributed by atoms with Crippen LogP contribution < -0.4 is 15.6 Å². The fourth-order valence-electron chi connectivity index (χ4n) is 2.86. The molecule has 1 atom stereocenters. The Hall–Kier alpha value is -3.15. The van der Waals surface area contributed by atoms with E-state index in [0.29, 0.717) is 17.4 Å². The molecule has 0 fully saturated rings. The van der Waals surface area contributed by atoms with Crippen LogP contribution in [-0.2, 0) is 7.05 Å². The van der Waals surface area contributed by atoms with Crippen LogP contribution in [0.3, 0.4) is 0 Å². The molecule has 3 aromatic rings. The predicted molar refractivity (Wildman–Crippen MR) is 100 cm³/mol. The maximum Gasteiger partial charge on any atom is 0.274 e. The van der Waals surface area contributed by atoms with Crippen LogP contribution in [0.5, 0.6) is 5.75 Å². The molecule has 0 bridgehead atoms. The summed E-state index contributed by atoms with van der Waals surface area (Å²) in [5, 5.41) is 8.13. The van der Waals surface area contributed by atoms with Gasteiger partial charge in [0.05, 0.1) is 18.0 Å². The van der Waals surface area contributed by atoms with Crippen molar-refractivity contribution < 1.29 is 9.53 Å². The number of aromatic nitrogens is 2. The summed E-state index contributed by atoms with van der Waals surface area (Å²) in [6.07, 6.45) is 0. The van der Waals surface area contributed by atoms with Gasteiger partial charge in [-0.15, -0.1) is 0 Å². The number of carbonyl (C=O) groups excluding carboxylic acids is 1. The van der Waals surface area contributed by atoms with E-state index in [2.05, 4.69) is 10.4 Å². The topological polar surface area (TPSA) is 73.2 Å². The molecule has 0 aliphatic carbocycles. The Morgan fingerprint density at radius 1 is 1.19 bits per heavy atom. The molecule has 134 valence electrons. The fraction of sp³-hybridized carbons (Fsp3) is 0.250. The molecule has 0 saturated heterocycles. The molecule has 1 unspecified atom stereocenters.